The van der Waals surface area contributed by atoms with Gasteiger partial charge in [-0.15, -0.1) is 0 Å². The van der Waals surface area contributed by atoms with Crippen molar-refractivity contribution in [2.24, 2.45) is 0 Å². The first-order valence-electron chi connectivity index (χ1n) is 6.72. The molecule has 3 aromatic rings. The number of ether oxygens (including phenoxy) is 1. The lowest BCUT2D eigenvalue weighted by molar-refractivity contribution is 0.415. The molecule has 2 nitrogen and oxygen atoms in total. The number of phenolic OH excluding ortho intramolecular Hbond substituents is 1. The smallest absolute Gasteiger partial charge is 0.123 e. The first-order chi connectivity index (χ1) is 10.3. The van der Waals surface area contributed by atoms with Crippen molar-refractivity contribution >= 4 is 0 Å². The van der Waals surface area contributed by atoms with Gasteiger partial charge in [0, 0.05) is 5.56 Å². The SMILES string of the molecule is COc1ccc(-c2c[c]cc(-c3ccccc3O)c2)cc1. The van der Waals surface area contributed by atoms with Crippen LogP contribution in [0.25, 0.3) is 22.3 Å². The summed E-state index contributed by atoms with van der Waals surface area (Å²) in [5.41, 5.74) is 3.90. The third kappa shape index (κ3) is 2.75. The van der Waals surface area contributed by atoms with Gasteiger partial charge in [0.05, 0.1) is 7.11 Å². The van der Waals surface area contributed by atoms with Gasteiger partial charge < -0.3 is 9.84 Å². The molecule has 0 aliphatic rings. The van der Waals surface area contributed by atoms with Gasteiger partial charge in [-0.05, 0) is 59.2 Å². The van der Waals surface area contributed by atoms with E-state index in [0.717, 1.165) is 28.0 Å². The number of aromatic hydroxyl groups is 1. The van der Waals surface area contributed by atoms with Crippen molar-refractivity contribution in [3.63, 3.8) is 0 Å². The van der Waals surface area contributed by atoms with E-state index in [1.54, 1.807) is 13.2 Å². The van der Waals surface area contributed by atoms with Crippen LogP contribution >= 0.6 is 0 Å². The number of hydrogen-bond donors (Lipinski definition) is 1. The van der Waals surface area contributed by atoms with E-state index >= 15 is 0 Å². The van der Waals surface area contributed by atoms with Crippen molar-refractivity contribution < 1.29 is 9.84 Å². The molecule has 0 atom stereocenters. The number of phenols is 1. The molecule has 0 saturated heterocycles. The summed E-state index contributed by atoms with van der Waals surface area (Å²) in [6, 6.07) is 24.2. The Morgan fingerprint density at radius 2 is 1.57 bits per heavy atom. The quantitative estimate of drug-likeness (QED) is 0.760. The zero-order valence-electron chi connectivity index (χ0n) is 11.7. The van der Waals surface area contributed by atoms with E-state index < -0.39 is 0 Å². The van der Waals surface area contributed by atoms with Crippen LogP contribution in [-0.4, -0.2) is 12.2 Å². The third-order valence-corrected chi connectivity index (χ3v) is 3.43. The Bertz CT molecular complexity index is 746. The predicted octanol–water partition coefficient (Wildman–Crippen LogP) is 4.53. The van der Waals surface area contributed by atoms with Crippen LogP contribution in [0.5, 0.6) is 11.5 Å². The lowest BCUT2D eigenvalue weighted by atomic mass is 9.98. The first kappa shape index (κ1) is 13.3. The van der Waals surface area contributed by atoms with E-state index in [0.29, 0.717) is 0 Å². The van der Waals surface area contributed by atoms with E-state index in [9.17, 15) is 5.11 Å². The molecule has 0 fully saturated rings. The number of benzene rings is 3. The fraction of sp³-hybridized carbons (Fsp3) is 0.0526. The number of hydrogen-bond acceptors (Lipinski definition) is 2. The Hall–Kier alpha value is -2.74. The molecule has 2 heteroatoms. The van der Waals surface area contributed by atoms with E-state index in [1.165, 1.54) is 0 Å². The average molecular weight is 275 g/mol. The number of para-hydroxylation sites is 1. The Balaban J connectivity index is 2.02. The summed E-state index contributed by atoms with van der Waals surface area (Å²) < 4.78 is 5.17. The molecule has 0 unspecified atom stereocenters. The summed E-state index contributed by atoms with van der Waals surface area (Å²) in [5.74, 6) is 1.11. The standard InChI is InChI=1S/C19H15O2/c1-21-17-11-9-14(10-12-17)15-5-4-6-16(13-15)18-7-2-3-8-19(18)20/h2-3,5-13,20H,1H3. The second-order valence-electron chi connectivity index (χ2n) is 4.76. The van der Waals surface area contributed by atoms with E-state index in [1.807, 2.05) is 60.7 Å². The van der Waals surface area contributed by atoms with Gasteiger partial charge in [0.2, 0.25) is 0 Å². The van der Waals surface area contributed by atoms with Gasteiger partial charge in [-0.25, -0.2) is 0 Å². The van der Waals surface area contributed by atoms with Crippen molar-refractivity contribution in [2.45, 2.75) is 0 Å². The van der Waals surface area contributed by atoms with E-state index in [2.05, 4.69) is 6.07 Å². The van der Waals surface area contributed by atoms with Crippen molar-refractivity contribution in [2.75, 3.05) is 7.11 Å². The molecule has 0 aliphatic heterocycles. The molecule has 0 heterocycles. The van der Waals surface area contributed by atoms with Crippen molar-refractivity contribution in [1.82, 2.24) is 0 Å². The highest BCUT2D eigenvalue weighted by Gasteiger charge is 2.05. The van der Waals surface area contributed by atoms with Crippen LogP contribution in [0.1, 0.15) is 0 Å². The van der Waals surface area contributed by atoms with Gasteiger partial charge in [-0.1, -0.05) is 30.3 Å². The van der Waals surface area contributed by atoms with E-state index in [-0.39, 0.29) is 5.75 Å². The summed E-state index contributed by atoms with van der Waals surface area (Å²) in [6.45, 7) is 0. The Morgan fingerprint density at radius 3 is 2.29 bits per heavy atom. The molecule has 0 spiro atoms. The highest BCUT2D eigenvalue weighted by Crippen LogP contribution is 2.31. The fourth-order valence-electron chi connectivity index (χ4n) is 2.30. The van der Waals surface area contributed by atoms with Gasteiger partial charge in [-0.3, -0.25) is 0 Å². The number of rotatable bonds is 3. The fourth-order valence-corrected chi connectivity index (χ4v) is 2.30. The van der Waals surface area contributed by atoms with Gasteiger partial charge in [-0.2, -0.15) is 0 Å². The molecule has 0 aliphatic carbocycles. The van der Waals surface area contributed by atoms with Gasteiger partial charge in [0.25, 0.3) is 0 Å². The Morgan fingerprint density at radius 1 is 0.857 bits per heavy atom. The maximum atomic E-state index is 9.96. The van der Waals surface area contributed by atoms with Crippen LogP contribution < -0.4 is 4.74 Å². The molecule has 1 radical (unpaired) electrons. The minimum Gasteiger partial charge on any atom is -0.507 e. The molecule has 0 saturated carbocycles. The molecule has 0 bridgehead atoms. The summed E-state index contributed by atoms with van der Waals surface area (Å²) in [5, 5.41) is 9.96. The van der Waals surface area contributed by atoms with E-state index in [4.69, 9.17) is 4.74 Å². The first-order valence-corrected chi connectivity index (χ1v) is 6.72. The van der Waals surface area contributed by atoms with Crippen LogP contribution in [0.15, 0.2) is 66.7 Å². The summed E-state index contributed by atoms with van der Waals surface area (Å²) in [4.78, 5) is 0. The normalized spacial score (nSPS) is 10.3. The highest BCUT2D eigenvalue weighted by molar-refractivity contribution is 5.76. The molecule has 1 N–H and O–H groups in total. The van der Waals surface area contributed by atoms with Crippen LogP contribution in [0.2, 0.25) is 0 Å². The number of methoxy groups -OCH3 is 1. The minimum absolute atomic E-state index is 0.276. The summed E-state index contributed by atoms with van der Waals surface area (Å²) in [7, 11) is 1.65. The molecular formula is C19H15O2. The summed E-state index contributed by atoms with van der Waals surface area (Å²) in [6.07, 6.45) is 0. The zero-order chi connectivity index (χ0) is 14.7. The maximum Gasteiger partial charge on any atom is 0.123 e. The van der Waals surface area contributed by atoms with Crippen LogP contribution in [0, 0.1) is 6.07 Å². The third-order valence-electron chi connectivity index (χ3n) is 3.43. The van der Waals surface area contributed by atoms with Crippen molar-refractivity contribution in [3.05, 3.63) is 72.8 Å². The highest BCUT2D eigenvalue weighted by atomic mass is 16.5. The average Bonchev–Trinajstić information content (AvgIpc) is 2.55. The molecule has 0 amide bonds. The van der Waals surface area contributed by atoms with Crippen LogP contribution in [0.3, 0.4) is 0 Å². The lowest BCUT2D eigenvalue weighted by Gasteiger charge is -2.08. The predicted molar refractivity (Wildman–Crippen MR) is 84.4 cm³/mol. The monoisotopic (exact) mass is 275 g/mol. The van der Waals surface area contributed by atoms with Crippen LogP contribution in [-0.2, 0) is 0 Å². The molecule has 0 aromatic heterocycles. The topological polar surface area (TPSA) is 29.5 Å². The van der Waals surface area contributed by atoms with Crippen LogP contribution in [0.4, 0.5) is 0 Å². The van der Waals surface area contributed by atoms with Gasteiger partial charge in [0.15, 0.2) is 0 Å². The van der Waals surface area contributed by atoms with Gasteiger partial charge >= 0.3 is 0 Å². The molecule has 103 valence electrons. The molecule has 3 aromatic carbocycles. The zero-order valence-corrected chi connectivity index (χ0v) is 11.7. The molecular weight excluding hydrogens is 260 g/mol. The Kier molecular flexibility index (Phi) is 3.61. The maximum absolute atomic E-state index is 9.96. The molecule has 21 heavy (non-hydrogen) atoms. The van der Waals surface area contributed by atoms with Crippen molar-refractivity contribution in [1.29, 1.82) is 0 Å². The minimum atomic E-state index is 0.276. The second kappa shape index (κ2) is 5.71. The second-order valence-corrected chi connectivity index (χ2v) is 4.76. The van der Waals surface area contributed by atoms with Gasteiger partial charge in [0.1, 0.15) is 11.5 Å². The lowest BCUT2D eigenvalue weighted by Crippen LogP contribution is -1.84. The Labute approximate surface area is 124 Å². The largest absolute Gasteiger partial charge is 0.507 e. The summed E-state index contributed by atoms with van der Waals surface area (Å²) >= 11 is 0. The van der Waals surface area contributed by atoms with Crippen molar-refractivity contribution in [3.8, 4) is 33.8 Å². The molecule has 3 rings (SSSR count).